The summed E-state index contributed by atoms with van der Waals surface area (Å²) in [5.74, 6) is 0. The first-order chi connectivity index (χ1) is 9.81. The quantitative estimate of drug-likeness (QED) is 0.917. The number of hydrogen-bond acceptors (Lipinski definition) is 5. The molecule has 0 spiro atoms. The number of anilines is 1. The minimum atomic E-state index is 0.953. The standard InChI is InChI=1S/C15H21N3S2/c1-3-12-14(9-16-4-2)20-15(17-12)18-7-5-13-11(10-18)6-8-19-13/h6,8,16H,3-5,7,9-10H2,1-2H3. The Morgan fingerprint density at radius 2 is 2.30 bits per heavy atom. The van der Waals surface area contributed by atoms with Gasteiger partial charge in [0.2, 0.25) is 0 Å². The maximum Gasteiger partial charge on any atom is 0.186 e. The van der Waals surface area contributed by atoms with Crippen LogP contribution >= 0.6 is 22.7 Å². The number of nitrogens with zero attached hydrogens (tertiary/aromatic N) is 2. The maximum absolute atomic E-state index is 4.87. The van der Waals surface area contributed by atoms with Crippen LogP contribution in [-0.2, 0) is 25.9 Å². The normalized spacial score (nSPS) is 14.6. The average molecular weight is 307 g/mol. The van der Waals surface area contributed by atoms with Gasteiger partial charge in [0.05, 0.1) is 5.69 Å². The summed E-state index contributed by atoms with van der Waals surface area (Å²) in [7, 11) is 0. The molecule has 20 heavy (non-hydrogen) atoms. The molecule has 0 unspecified atom stereocenters. The van der Waals surface area contributed by atoms with Gasteiger partial charge in [-0.2, -0.15) is 0 Å². The van der Waals surface area contributed by atoms with Gasteiger partial charge >= 0.3 is 0 Å². The number of thiazole rings is 1. The van der Waals surface area contributed by atoms with Crippen LogP contribution in [0.1, 0.15) is 34.9 Å². The van der Waals surface area contributed by atoms with Gasteiger partial charge in [-0.25, -0.2) is 4.98 Å². The van der Waals surface area contributed by atoms with Gasteiger partial charge in [0.15, 0.2) is 5.13 Å². The molecule has 0 aliphatic carbocycles. The molecule has 5 heteroatoms. The van der Waals surface area contributed by atoms with Gasteiger partial charge in [0.25, 0.3) is 0 Å². The molecule has 1 aliphatic rings. The van der Waals surface area contributed by atoms with Gasteiger partial charge in [-0.15, -0.1) is 22.7 Å². The van der Waals surface area contributed by atoms with Crippen LogP contribution in [0.15, 0.2) is 11.4 Å². The van der Waals surface area contributed by atoms with E-state index < -0.39 is 0 Å². The molecule has 0 bridgehead atoms. The summed E-state index contributed by atoms with van der Waals surface area (Å²) in [5, 5.41) is 6.83. The minimum Gasteiger partial charge on any atom is -0.343 e. The first kappa shape index (κ1) is 14.0. The van der Waals surface area contributed by atoms with Gasteiger partial charge in [0, 0.05) is 29.4 Å². The molecule has 2 aromatic heterocycles. The second-order valence-electron chi connectivity index (χ2n) is 5.04. The Morgan fingerprint density at radius 1 is 1.40 bits per heavy atom. The van der Waals surface area contributed by atoms with E-state index in [1.807, 2.05) is 22.7 Å². The Kier molecular flexibility index (Phi) is 4.38. The smallest absolute Gasteiger partial charge is 0.186 e. The third-order valence-electron chi connectivity index (χ3n) is 3.72. The van der Waals surface area contributed by atoms with Crippen LogP contribution in [0.5, 0.6) is 0 Å². The molecular weight excluding hydrogens is 286 g/mol. The van der Waals surface area contributed by atoms with Gasteiger partial charge in [-0.05, 0) is 36.4 Å². The lowest BCUT2D eigenvalue weighted by Gasteiger charge is -2.26. The van der Waals surface area contributed by atoms with Gasteiger partial charge in [0.1, 0.15) is 0 Å². The summed E-state index contributed by atoms with van der Waals surface area (Å²) < 4.78 is 0. The summed E-state index contributed by atoms with van der Waals surface area (Å²) in [5.41, 5.74) is 2.75. The molecule has 0 radical (unpaired) electrons. The van der Waals surface area contributed by atoms with Crippen LogP contribution in [0, 0.1) is 0 Å². The zero-order valence-corrected chi connectivity index (χ0v) is 13.7. The molecule has 1 N–H and O–H groups in total. The summed E-state index contributed by atoms with van der Waals surface area (Å²) in [6, 6.07) is 2.26. The van der Waals surface area contributed by atoms with Gasteiger partial charge < -0.3 is 10.2 Å². The number of fused-ring (bicyclic) bond motifs is 1. The van der Waals surface area contributed by atoms with Crippen molar-refractivity contribution in [1.29, 1.82) is 0 Å². The Morgan fingerprint density at radius 3 is 3.10 bits per heavy atom. The zero-order valence-electron chi connectivity index (χ0n) is 12.1. The first-order valence-electron chi connectivity index (χ1n) is 7.31. The van der Waals surface area contributed by atoms with Crippen molar-refractivity contribution in [3.05, 3.63) is 32.5 Å². The molecule has 2 aromatic rings. The fraction of sp³-hybridized carbons (Fsp3) is 0.533. The summed E-state index contributed by atoms with van der Waals surface area (Å²) in [6.07, 6.45) is 2.19. The number of aryl methyl sites for hydroxylation is 1. The number of hydrogen-bond donors (Lipinski definition) is 1. The van der Waals surface area contributed by atoms with Crippen LogP contribution < -0.4 is 10.2 Å². The Labute approximate surface area is 128 Å². The molecule has 0 amide bonds. The number of nitrogens with one attached hydrogen (secondary N) is 1. The molecule has 0 fully saturated rings. The van der Waals surface area contributed by atoms with Crippen LogP contribution in [-0.4, -0.2) is 18.1 Å². The van der Waals surface area contributed by atoms with Crippen LogP contribution in [0.25, 0.3) is 0 Å². The van der Waals surface area contributed by atoms with Crippen molar-refractivity contribution >= 4 is 27.8 Å². The van der Waals surface area contributed by atoms with Crippen molar-refractivity contribution in [2.45, 2.75) is 39.8 Å². The molecule has 0 aromatic carbocycles. The molecular formula is C15H21N3S2. The van der Waals surface area contributed by atoms with E-state index in [2.05, 4.69) is 35.5 Å². The predicted molar refractivity (Wildman–Crippen MR) is 87.9 cm³/mol. The summed E-state index contributed by atoms with van der Waals surface area (Å²) >= 11 is 3.76. The zero-order chi connectivity index (χ0) is 13.9. The second kappa shape index (κ2) is 6.24. The predicted octanol–water partition coefficient (Wildman–Crippen LogP) is 3.44. The first-order valence-corrected chi connectivity index (χ1v) is 9.01. The fourth-order valence-corrected chi connectivity index (χ4v) is 4.60. The topological polar surface area (TPSA) is 28.2 Å². The number of rotatable bonds is 5. The molecule has 3 nitrogen and oxygen atoms in total. The number of aromatic nitrogens is 1. The van der Waals surface area contributed by atoms with E-state index >= 15 is 0 Å². The van der Waals surface area contributed by atoms with Crippen molar-refractivity contribution in [3.63, 3.8) is 0 Å². The van der Waals surface area contributed by atoms with Crippen molar-refractivity contribution in [3.8, 4) is 0 Å². The molecule has 3 rings (SSSR count). The van der Waals surface area contributed by atoms with E-state index in [-0.39, 0.29) is 0 Å². The third kappa shape index (κ3) is 2.75. The highest BCUT2D eigenvalue weighted by atomic mass is 32.1. The lowest BCUT2D eigenvalue weighted by atomic mass is 10.1. The van der Waals surface area contributed by atoms with E-state index in [4.69, 9.17) is 4.98 Å². The van der Waals surface area contributed by atoms with Crippen molar-refractivity contribution in [1.82, 2.24) is 10.3 Å². The van der Waals surface area contributed by atoms with Crippen LogP contribution in [0.2, 0.25) is 0 Å². The monoisotopic (exact) mass is 307 g/mol. The molecule has 0 saturated carbocycles. The van der Waals surface area contributed by atoms with Crippen molar-refractivity contribution in [2.24, 2.45) is 0 Å². The number of thiophene rings is 1. The average Bonchev–Trinajstić information content (AvgIpc) is 3.10. The molecule has 0 saturated heterocycles. The Balaban J connectivity index is 1.79. The Hall–Kier alpha value is -0.910. The van der Waals surface area contributed by atoms with E-state index in [0.717, 1.165) is 39.0 Å². The fourth-order valence-electron chi connectivity index (χ4n) is 2.57. The maximum atomic E-state index is 4.87. The van der Waals surface area contributed by atoms with E-state index in [0.29, 0.717) is 0 Å². The van der Waals surface area contributed by atoms with Crippen molar-refractivity contribution < 1.29 is 0 Å². The highest BCUT2D eigenvalue weighted by Gasteiger charge is 2.21. The molecule has 1 aliphatic heterocycles. The SMILES string of the molecule is CCNCc1sc(N2CCc3sccc3C2)nc1CC. The van der Waals surface area contributed by atoms with E-state index in [1.54, 1.807) is 4.88 Å². The third-order valence-corrected chi connectivity index (χ3v) is 5.90. The van der Waals surface area contributed by atoms with E-state index in [9.17, 15) is 0 Å². The van der Waals surface area contributed by atoms with Crippen LogP contribution in [0.4, 0.5) is 5.13 Å². The van der Waals surface area contributed by atoms with E-state index in [1.165, 1.54) is 21.3 Å². The molecule has 108 valence electrons. The lowest BCUT2D eigenvalue weighted by Crippen LogP contribution is -2.29. The van der Waals surface area contributed by atoms with Crippen LogP contribution in [0.3, 0.4) is 0 Å². The van der Waals surface area contributed by atoms with Gasteiger partial charge in [-0.1, -0.05) is 13.8 Å². The summed E-state index contributed by atoms with van der Waals surface area (Å²) in [6.45, 7) is 8.44. The largest absolute Gasteiger partial charge is 0.343 e. The molecule has 3 heterocycles. The summed E-state index contributed by atoms with van der Waals surface area (Å²) in [4.78, 5) is 10.3. The highest BCUT2D eigenvalue weighted by molar-refractivity contribution is 7.15. The highest BCUT2D eigenvalue weighted by Crippen LogP contribution is 2.32. The second-order valence-corrected chi connectivity index (χ2v) is 7.10. The Bertz CT molecular complexity index is 573. The lowest BCUT2D eigenvalue weighted by molar-refractivity contribution is 0.725. The van der Waals surface area contributed by atoms with Gasteiger partial charge in [-0.3, -0.25) is 0 Å². The minimum absolute atomic E-state index is 0.953. The van der Waals surface area contributed by atoms with Crippen molar-refractivity contribution in [2.75, 3.05) is 18.0 Å². The molecule has 0 atom stereocenters.